The largest absolute Gasteiger partial charge is 0.617 e. The van der Waals surface area contributed by atoms with Crippen molar-refractivity contribution >= 4 is 17.5 Å². The highest BCUT2D eigenvalue weighted by atomic mass is 35.5. The Balaban J connectivity index is 3.29. The standard InChI is InChI=1S/C8H6ClN3O2/c9-7-2-1-5(4-10)6(12(7)14)3-8(11)13/h1-2H,3H2,(H2,11,13). The van der Waals surface area contributed by atoms with Crippen LogP contribution in [-0.4, -0.2) is 5.91 Å². The van der Waals surface area contributed by atoms with Crippen molar-refractivity contribution in [2.45, 2.75) is 6.42 Å². The van der Waals surface area contributed by atoms with Crippen LogP contribution >= 0.6 is 11.6 Å². The van der Waals surface area contributed by atoms with Gasteiger partial charge >= 0.3 is 0 Å². The highest BCUT2D eigenvalue weighted by Crippen LogP contribution is 2.08. The lowest BCUT2D eigenvalue weighted by Crippen LogP contribution is -2.36. The molecule has 0 radical (unpaired) electrons. The van der Waals surface area contributed by atoms with Crippen molar-refractivity contribution in [3.05, 3.63) is 33.8 Å². The normalized spacial score (nSPS) is 9.43. The van der Waals surface area contributed by atoms with Gasteiger partial charge in [-0.05, 0) is 17.7 Å². The maximum Gasteiger partial charge on any atom is 0.286 e. The Morgan fingerprint density at radius 3 is 2.86 bits per heavy atom. The number of rotatable bonds is 2. The molecule has 0 unspecified atom stereocenters. The Morgan fingerprint density at radius 2 is 2.36 bits per heavy atom. The summed E-state index contributed by atoms with van der Waals surface area (Å²) in [5.74, 6) is -0.687. The zero-order chi connectivity index (χ0) is 10.7. The topological polar surface area (TPSA) is 93.8 Å². The van der Waals surface area contributed by atoms with E-state index in [1.54, 1.807) is 6.07 Å². The first-order valence-corrected chi connectivity index (χ1v) is 4.03. The number of aromatic nitrogens is 1. The van der Waals surface area contributed by atoms with E-state index >= 15 is 0 Å². The van der Waals surface area contributed by atoms with Crippen LogP contribution in [0.3, 0.4) is 0 Å². The molecule has 0 aliphatic carbocycles. The molecule has 0 aliphatic heterocycles. The number of amides is 1. The SMILES string of the molecule is N#Cc1ccc(Cl)[n+]([O-])c1CC(N)=O. The zero-order valence-electron chi connectivity index (χ0n) is 7.03. The summed E-state index contributed by atoms with van der Waals surface area (Å²) in [6, 6.07) is 4.44. The summed E-state index contributed by atoms with van der Waals surface area (Å²) in [6.07, 6.45) is -0.299. The van der Waals surface area contributed by atoms with Gasteiger partial charge < -0.3 is 10.9 Å². The Hall–Kier alpha value is -1.80. The molecule has 0 saturated heterocycles. The van der Waals surface area contributed by atoms with E-state index in [1.165, 1.54) is 12.1 Å². The van der Waals surface area contributed by atoms with E-state index in [0.29, 0.717) is 4.73 Å². The molecule has 1 aromatic heterocycles. The van der Waals surface area contributed by atoms with Crippen molar-refractivity contribution in [2.24, 2.45) is 5.73 Å². The van der Waals surface area contributed by atoms with E-state index < -0.39 is 5.91 Å². The molecule has 0 bridgehead atoms. The second-order valence-corrected chi connectivity index (χ2v) is 2.95. The quantitative estimate of drug-likeness (QED) is 0.420. The molecule has 0 spiro atoms. The minimum Gasteiger partial charge on any atom is -0.617 e. The lowest BCUT2D eigenvalue weighted by molar-refractivity contribution is -0.611. The second-order valence-electron chi connectivity index (χ2n) is 2.57. The molecule has 2 N–H and O–H groups in total. The van der Waals surface area contributed by atoms with Crippen LogP contribution < -0.4 is 10.5 Å². The van der Waals surface area contributed by atoms with E-state index in [1.807, 2.05) is 0 Å². The fourth-order valence-corrected chi connectivity index (χ4v) is 1.15. The molecule has 0 atom stereocenters. The van der Waals surface area contributed by atoms with Gasteiger partial charge in [0.2, 0.25) is 11.6 Å². The summed E-state index contributed by atoms with van der Waals surface area (Å²) in [4.78, 5) is 10.6. The highest BCUT2D eigenvalue weighted by Gasteiger charge is 2.17. The minimum atomic E-state index is -0.687. The molecule has 0 aromatic carbocycles. The van der Waals surface area contributed by atoms with Crippen molar-refractivity contribution in [2.75, 3.05) is 0 Å². The van der Waals surface area contributed by atoms with Gasteiger partial charge in [0.05, 0.1) is 0 Å². The van der Waals surface area contributed by atoms with Crippen LogP contribution in [0.5, 0.6) is 0 Å². The fourth-order valence-electron chi connectivity index (χ4n) is 0.988. The van der Waals surface area contributed by atoms with Crippen LogP contribution in [0.25, 0.3) is 0 Å². The number of nitriles is 1. The number of carbonyl (C=O) groups is 1. The average Bonchev–Trinajstić information content (AvgIpc) is 2.13. The molecule has 1 rings (SSSR count). The van der Waals surface area contributed by atoms with Gasteiger partial charge in [-0.25, -0.2) is 0 Å². The first kappa shape index (κ1) is 10.3. The molecule has 0 fully saturated rings. The lowest BCUT2D eigenvalue weighted by Gasteiger charge is -2.05. The fraction of sp³-hybridized carbons (Fsp3) is 0.125. The number of hydrogen-bond donors (Lipinski definition) is 1. The van der Waals surface area contributed by atoms with Crippen molar-refractivity contribution in [3.8, 4) is 6.07 Å². The molecule has 0 saturated carbocycles. The smallest absolute Gasteiger partial charge is 0.286 e. The summed E-state index contributed by atoms with van der Waals surface area (Å²) < 4.78 is 0.324. The predicted octanol–water partition coefficient (Wildman–Crippen LogP) is -0.127. The van der Waals surface area contributed by atoms with E-state index in [9.17, 15) is 10.0 Å². The molecule has 0 aliphatic rings. The summed E-state index contributed by atoms with van der Waals surface area (Å²) >= 11 is 5.52. The van der Waals surface area contributed by atoms with E-state index in [2.05, 4.69) is 0 Å². The van der Waals surface area contributed by atoms with Crippen LogP contribution in [0.1, 0.15) is 11.3 Å². The van der Waals surface area contributed by atoms with Gasteiger partial charge in [-0.2, -0.15) is 9.99 Å². The number of carbonyl (C=O) groups excluding carboxylic acids is 1. The minimum absolute atomic E-state index is 0.0208. The Labute approximate surface area is 84.9 Å². The predicted molar refractivity (Wildman–Crippen MR) is 48.0 cm³/mol. The summed E-state index contributed by atoms with van der Waals surface area (Å²) in [6.45, 7) is 0. The molecule has 72 valence electrons. The molecule has 14 heavy (non-hydrogen) atoms. The maximum atomic E-state index is 11.3. The monoisotopic (exact) mass is 211 g/mol. The highest BCUT2D eigenvalue weighted by molar-refractivity contribution is 6.28. The van der Waals surface area contributed by atoms with Crippen LogP contribution in [0.15, 0.2) is 12.1 Å². The van der Waals surface area contributed by atoms with E-state index in [0.717, 1.165) is 0 Å². The van der Waals surface area contributed by atoms with Gasteiger partial charge in [0.1, 0.15) is 18.1 Å². The third kappa shape index (κ3) is 1.92. The molecule has 1 aromatic rings. The Bertz CT molecular complexity index is 425. The molecular formula is C8H6ClN3O2. The molecule has 1 amide bonds. The molecule has 1 heterocycles. The summed E-state index contributed by atoms with van der Waals surface area (Å²) in [7, 11) is 0. The summed E-state index contributed by atoms with van der Waals surface area (Å²) in [5, 5.41) is 19.9. The number of halogens is 1. The third-order valence-corrected chi connectivity index (χ3v) is 1.88. The molecular weight excluding hydrogens is 206 g/mol. The van der Waals surface area contributed by atoms with Gasteiger partial charge in [-0.1, -0.05) is 0 Å². The van der Waals surface area contributed by atoms with Crippen molar-refractivity contribution in [3.63, 3.8) is 0 Å². The van der Waals surface area contributed by atoms with Crippen molar-refractivity contribution in [1.82, 2.24) is 0 Å². The van der Waals surface area contributed by atoms with Crippen LogP contribution in [0, 0.1) is 16.5 Å². The number of hydrogen-bond acceptors (Lipinski definition) is 3. The van der Waals surface area contributed by atoms with Gasteiger partial charge in [0.15, 0.2) is 0 Å². The van der Waals surface area contributed by atoms with Gasteiger partial charge in [-0.15, -0.1) is 0 Å². The third-order valence-electron chi connectivity index (χ3n) is 1.60. The Morgan fingerprint density at radius 1 is 1.71 bits per heavy atom. The van der Waals surface area contributed by atoms with Crippen molar-refractivity contribution < 1.29 is 9.52 Å². The van der Waals surface area contributed by atoms with Gasteiger partial charge in [0.25, 0.3) is 5.15 Å². The Kier molecular flexibility index (Phi) is 2.89. The first-order valence-electron chi connectivity index (χ1n) is 3.65. The molecule has 5 nitrogen and oxygen atoms in total. The van der Waals surface area contributed by atoms with Crippen LogP contribution in [0.4, 0.5) is 0 Å². The van der Waals surface area contributed by atoms with Crippen LogP contribution in [0.2, 0.25) is 5.15 Å². The first-order chi connectivity index (χ1) is 6.56. The number of pyridine rings is 1. The van der Waals surface area contributed by atoms with E-state index in [4.69, 9.17) is 22.6 Å². The van der Waals surface area contributed by atoms with Crippen LogP contribution in [-0.2, 0) is 11.2 Å². The molecule has 6 heteroatoms. The zero-order valence-corrected chi connectivity index (χ0v) is 7.78. The van der Waals surface area contributed by atoms with Crippen molar-refractivity contribution in [1.29, 1.82) is 5.26 Å². The summed E-state index contributed by atoms with van der Waals surface area (Å²) in [5.41, 5.74) is 5.00. The number of nitrogens with zero attached hydrogens (tertiary/aromatic N) is 2. The average molecular weight is 212 g/mol. The van der Waals surface area contributed by atoms with Gasteiger partial charge in [-0.3, -0.25) is 4.79 Å². The lowest BCUT2D eigenvalue weighted by atomic mass is 10.1. The maximum absolute atomic E-state index is 11.3. The number of primary amides is 1. The number of nitrogens with two attached hydrogens (primary N) is 1. The van der Waals surface area contributed by atoms with Gasteiger partial charge in [0, 0.05) is 6.07 Å². The second kappa shape index (κ2) is 3.94. The van der Waals surface area contributed by atoms with E-state index in [-0.39, 0.29) is 22.8 Å².